The number of benzene rings is 2. The summed E-state index contributed by atoms with van der Waals surface area (Å²) < 4.78 is 1.90. The van der Waals surface area contributed by atoms with Crippen LogP contribution >= 0.6 is 55.2 Å². The van der Waals surface area contributed by atoms with E-state index in [2.05, 4.69) is 60.9 Å². The molecule has 0 aliphatic carbocycles. The number of carbonyl (C=O) groups is 1. The van der Waals surface area contributed by atoms with E-state index in [4.69, 9.17) is 11.6 Å². The van der Waals surface area contributed by atoms with E-state index in [0.717, 1.165) is 57.9 Å². The molecule has 8 heteroatoms. The first-order valence-electron chi connectivity index (χ1n) is 9.95. The molecule has 1 aliphatic rings. The molecule has 30 heavy (non-hydrogen) atoms. The van der Waals surface area contributed by atoms with Crippen molar-refractivity contribution < 1.29 is 4.79 Å². The SMILES string of the molecule is CCSc1ccc(Cl)cc1CNC(=O)c1cc(Br)c(CN2CCN(C)CC2)c(Br)c1. The number of rotatable bonds is 7. The van der Waals surface area contributed by atoms with E-state index in [1.54, 1.807) is 11.8 Å². The van der Waals surface area contributed by atoms with E-state index in [1.807, 2.05) is 30.3 Å². The molecular formula is C22H26Br2ClN3OS. The number of nitrogens with zero attached hydrogens (tertiary/aromatic N) is 2. The molecule has 0 spiro atoms. The molecule has 0 aromatic heterocycles. The van der Waals surface area contributed by atoms with Crippen molar-refractivity contribution in [3.63, 3.8) is 0 Å². The van der Waals surface area contributed by atoms with Gasteiger partial charge in [-0.25, -0.2) is 0 Å². The molecule has 1 heterocycles. The Morgan fingerprint density at radius 3 is 2.43 bits per heavy atom. The minimum atomic E-state index is -0.102. The Balaban J connectivity index is 1.67. The lowest BCUT2D eigenvalue weighted by molar-refractivity contribution is 0.0950. The molecular weight excluding hydrogens is 550 g/mol. The molecule has 0 saturated carbocycles. The monoisotopic (exact) mass is 573 g/mol. The Bertz CT molecular complexity index is 881. The number of hydrogen-bond acceptors (Lipinski definition) is 4. The lowest BCUT2D eigenvalue weighted by Gasteiger charge is -2.32. The highest BCUT2D eigenvalue weighted by Gasteiger charge is 2.18. The van der Waals surface area contributed by atoms with Crippen LogP contribution in [0.15, 0.2) is 44.2 Å². The predicted octanol–water partition coefficient (Wildman–Crippen LogP) is 5.65. The zero-order valence-corrected chi connectivity index (χ0v) is 21.9. The van der Waals surface area contributed by atoms with Crippen LogP contribution < -0.4 is 5.32 Å². The van der Waals surface area contributed by atoms with Crippen molar-refractivity contribution in [3.05, 3.63) is 61.0 Å². The van der Waals surface area contributed by atoms with Crippen LogP contribution in [0.5, 0.6) is 0 Å². The Hall–Kier alpha value is -0.570. The summed E-state index contributed by atoms with van der Waals surface area (Å²) in [4.78, 5) is 18.7. The van der Waals surface area contributed by atoms with Gasteiger partial charge in [0, 0.05) is 63.7 Å². The predicted molar refractivity (Wildman–Crippen MR) is 134 cm³/mol. The van der Waals surface area contributed by atoms with Crippen molar-refractivity contribution in [2.45, 2.75) is 24.9 Å². The summed E-state index contributed by atoms with van der Waals surface area (Å²) in [6.07, 6.45) is 0. The number of hydrogen-bond donors (Lipinski definition) is 1. The summed E-state index contributed by atoms with van der Waals surface area (Å²) >= 11 is 15.3. The van der Waals surface area contributed by atoms with Crippen molar-refractivity contribution in [2.75, 3.05) is 39.0 Å². The highest BCUT2D eigenvalue weighted by atomic mass is 79.9. The van der Waals surface area contributed by atoms with Gasteiger partial charge >= 0.3 is 0 Å². The van der Waals surface area contributed by atoms with E-state index >= 15 is 0 Å². The average molecular weight is 576 g/mol. The molecule has 1 fully saturated rings. The lowest BCUT2D eigenvalue weighted by Crippen LogP contribution is -2.44. The zero-order chi connectivity index (χ0) is 21.7. The fourth-order valence-corrected chi connectivity index (χ4v) is 5.80. The molecule has 0 bridgehead atoms. The first-order chi connectivity index (χ1) is 14.4. The van der Waals surface area contributed by atoms with Crippen LogP contribution in [0.4, 0.5) is 0 Å². The fraction of sp³-hybridized carbons (Fsp3) is 0.409. The molecule has 4 nitrogen and oxygen atoms in total. The molecule has 1 amide bonds. The maximum absolute atomic E-state index is 12.8. The third kappa shape index (κ3) is 6.47. The second kappa shape index (κ2) is 11.3. The zero-order valence-electron chi connectivity index (χ0n) is 17.2. The molecule has 2 aromatic carbocycles. The maximum Gasteiger partial charge on any atom is 0.251 e. The second-order valence-corrected chi connectivity index (χ2v) is 10.8. The summed E-state index contributed by atoms with van der Waals surface area (Å²) in [5, 5.41) is 3.71. The molecule has 2 aromatic rings. The van der Waals surface area contributed by atoms with Gasteiger partial charge in [0.1, 0.15) is 0 Å². The smallest absolute Gasteiger partial charge is 0.251 e. The highest BCUT2D eigenvalue weighted by molar-refractivity contribution is 9.11. The third-order valence-electron chi connectivity index (χ3n) is 5.14. The quantitative estimate of drug-likeness (QED) is 0.433. The van der Waals surface area contributed by atoms with Crippen LogP contribution in [0.3, 0.4) is 0 Å². The fourth-order valence-electron chi connectivity index (χ4n) is 3.37. The first kappa shape index (κ1) is 24.1. The Morgan fingerprint density at radius 2 is 1.80 bits per heavy atom. The number of amides is 1. The van der Waals surface area contributed by atoms with Crippen LogP contribution in [0.2, 0.25) is 5.02 Å². The number of thioether (sulfide) groups is 1. The van der Waals surface area contributed by atoms with Crippen LogP contribution in [0, 0.1) is 0 Å². The largest absolute Gasteiger partial charge is 0.348 e. The van der Waals surface area contributed by atoms with Crippen molar-refractivity contribution in [2.24, 2.45) is 0 Å². The van der Waals surface area contributed by atoms with Gasteiger partial charge in [-0.3, -0.25) is 9.69 Å². The van der Waals surface area contributed by atoms with E-state index in [0.29, 0.717) is 17.1 Å². The Kier molecular flexibility index (Phi) is 9.10. The normalized spacial score (nSPS) is 15.4. The minimum absolute atomic E-state index is 0.102. The molecule has 162 valence electrons. The number of piperazine rings is 1. The van der Waals surface area contributed by atoms with Crippen LogP contribution in [-0.4, -0.2) is 54.7 Å². The van der Waals surface area contributed by atoms with E-state index in [-0.39, 0.29) is 5.91 Å². The molecule has 1 aliphatic heterocycles. The van der Waals surface area contributed by atoms with Gasteiger partial charge < -0.3 is 10.2 Å². The standard InChI is InChI=1S/C22H26Br2ClN3OS/c1-3-30-21-5-4-17(25)10-16(21)13-26-22(29)15-11-19(23)18(20(24)12-15)14-28-8-6-27(2)7-9-28/h4-5,10-12H,3,6-9,13-14H2,1-2H3,(H,26,29). The van der Waals surface area contributed by atoms with Gasteiger partial charge in [-0.2, -0.15) is 0 Å². The second-order valence-electron chi connectivity index (χ2n) is 7.37. The van der Waals surface area contributed by atoms with Gasteiger partial charge in [-0.1, -0.05) is 50.4 Å². The lowest BCUT2D eigenvalue weighted by atomic mass is 10.1. The maximum atomic E-state index is 12.8. The van der Waals surface area contributed by atoms with Crippen LogP contribution in [-0.2, 0) is 13.1 Å². The summed E-state index contributed by atoms with van der Waals surface area (Å²) in [6.45, 7) is 7.68. The molecule has 0 radical (unpaired) electrons. The third-order valence-corrected chi connectivity index (χ3v) is 7.79. The van der Waals surface area contributed by atoms with Gasteiger partial charge in [-0.05, 0) is 54.3 Å². The number of carbonyl (C=O) groups excluding carboxylic acids is 1. The van der Waals surface area contributed by atoms with Gasteiger partial charge in [0.2, 0.25) is 0 Å². The van der Waals surface area contributed by atoms with Crippen molar-refractivity contribution in [1.82, 2.24) is 15.1 Å². The van der Waals surface area contributed by atoms with E-state index < -0.39 is 0 Å². The van der Waals surface area contributed by atoms with Crippen molar-refractivity contribution in [1.29, 1.82) is 0 Å². The summed E-state index contributed by atoms with van der Waals surface area (Å²) in [5.74, 6) is 0.868. The summed E-state index contributed by atoms with van der Waals surface area (Å²) in [5.41, 5.74) is 2.84. The van der Waals surface area contributed by atoms with Gasteiger partial charge in [0.25, 0.3) is 5.91 Å². The van der Waals surface area contributed by atoms with E-state index in [1.165, 1.54) is 5.56 Å². The summed E-state index contributed by atoms with van der Waals surface area (Å²) in [6, 6.07) is 9.64. The molecule has 1 N–H and O–H groups in total. The number of nitrogens with one attached hydrogen (secondary N) is 1. The van der Waals surface area contributed by atoms with Crippen LogP contribution in [0.25, 0.3) is 0 Å². The number of likely N-dealkylation sites (N-methyl/N-ethyl adjacent to an activating group) is 1. The van der Waals surface area contributed by atoms with Gasteiger partial charge in [0.15, 0.2) is 0 Å². The Labute approximate surface area is 205 Å². The highest BCUT2D eigenvalue weighted by Crippen LogP contribution is 2.30. The molecule has 0 unspecified atom stereocenters. The van der Waals surface area contributed by atoms with E-state index in [9.17, 15) is 4.79 Å². The van der Waals surface area contributed by atoms with Crippen LogP contribution in [0.1, 0.15) is 28.4 Å². The van der Waals surface area contributed by atoms with Gasteiger partial charge in [0.05, 0.1) is 0 Å². The topological polar surface area (TPSA) is 35.6 Å². The van der Waals surface area contributed by atoms with Crippen molar-refractivity contribution >= 4 is 61.1 Å². The minimum Gasteiger partial charge on any atom is -0.348 e. The Morgan fingerprint density at radius 1 is 1.13 bits per heavy atom. The molecule has 3 rings (SSSR count). The molecule has 1 saturated heterocycles. The van der Waals surface area contributed by atoms with Crippen molar-refractivity contribution in [3.8, 4) is 0 Å². The molecule has 0 atom stereocenters. The first-order valence-corrected chi connectivity index (χ1v) is 12.9. The van der Waals surface area contributed by atoms with Gasteiger partial charge in [-0.15, -0.1) is 11.8 Å². The summed E-state index contributed by atoms with van der Waals surface area (Å²) in [7, 11) is 2.16. The average Bonchev–Trinajstić information content (AvgIpc) is 2.72. The number of halogens is 3.